The van der Waals surface area contributed by atoms with Gasteiger partial charge in [-0.3, -0.25) is 9.59 Å². The van der Waals surface area contributed by atoms with Gasteiger partial charge in [-0.05, 0) is 54.8 Å². The Morgan fingerprint density at radius 3 is 2.03 bits per heavy atom. The van der Waals surface area contributed by atoms with Crippen LogP contribution in [0.2, 0.25) is 0 Å². The fourth-order valence-electron chi connectivity index (χ4n) is 3.92. The summed E-state index contributed by atoms with van der Waals surface area (Å²) in [5.41, 5.74) is 2.15. The predicted molar refractivity (Wildman–Crippen MR) is 127 cm³/mol. The second-order valence-electron chi connectivity index (χ2n) is 8.27. The Kier molecular flexibility index (Phi) is 5.47. The number of pyridine rings is 1. The summed E-state index contributed by atoms with van der Waals surface area (Å²) in [4.78, 5) is 25.9. The number of nitrogens with zero attached hydrogens (tertiary/aromatic N) is 1. The van der Waals surface area contributed by atoms with Gasteiger partial charge in [-0.2, -0.15) is 0 Å². The highest BCUT2D eigenvalue weighted by atomic mass is 32.2. The smallest absolute Gasteiger partial charge is 0.240 e. The zero-order valence-corrected chi connectivity index (χ0v) is 18.6. The molecule has 33 heavy (non-hydrogen) atoms. The molecular weight excluding hydrogens is 438 g/mol. The normalized spacial score (nSPS) is 13.9. The van der Waals surface area contributed by atoms with Gasteiger partial charge in [-0.25, -0.2) is 13.1 Å². The van der Waals surface area contributed by atoms with Crippen LogP contribution in [0.15, 0.2) is 82.5 Å². The number of aromatic nitrogens is 1. The fraction of sp³-hybridized carbons (Fsp3) is 0.200. The molecule has 7 nitrogen and oxygen atoms in total. The standard InChI is InChI=1S/C25H23N3O4S/c29-24(26-15-17-9-13-19(14-10-17)33(31,32)27-18-11-12-18)16-28-22-7-3-1-5-20(22)25(30)21-6-2-4-8-23(21)28/h1-10,13-14,18,27H,11-12,15-16H2,(H,26,29). The monoisotopic (exact) mass is 461 g/mol. The lowest BCUT2D eigenvalue weighted by Crippen LogP contribution is -2.28. The molecule has 8 heteroatoms. The number of nitrogens with one attached hydrogen (secondary N) is 2. The number of carbonyl (C=O) groups excluding carboxylic acids is 1. The Balaban J connectivity index is 1.33. The molecule has 0 radical (unpaired) electrons. The van der Waals surface area contributed by atoms with Crippen LogP contribution in [0.4, 0.5) is 0 Å². The number of hydrogen-bond donors (Lipinski definition) is 2. The van der Waals surface area contributed by atoms with Crippen molar-refractivity contribution in [1.29, 1.82) is 0 Å². The van der Waals surface area contributed by atoms with Crippen LogP contribution in [-0.4, -0.2) is 24.9 Å². The van der Waals surface area contributed by atoms with Gasteiger partial charge in [0.2, 0.25) is 15.9 Å². The van der Waals surface area contributed by atoms with E-state index in [0.717, 1.165) is 18.4 Å². The van der Waals surface area contributed by atoms with Gasteiger partial charge in [-0.15, -0.1) is 0 Å². The van der Waals surface area contributed by atoms with Gasteiger partial charge in [-0.1, -0.05) is 36.4 Å². The van der Waals surface area contributed by atoms with Crippen molar-refractivity contribution < 1.29 is 13.2 Å². The van der Waals surface area contributed by atoms with Crippen molar-refractivity contribution in [1.82, 2.24) is 14.6 Å². The Hall–Kier alpha value is -3.49. The molecule has 0 unspecified atom stereocenters. The topological polar surface area (TPSA) is 97.3 Å². The minimum atomic E-state index is -3.50. The minimum Gasteiger partial charge on any atom is -0.350 e. The summed E-state index contributed by atoms with van der Waals surface area (Å²) < 4.78 is 29.1. The van der Waals surface area contributed by atoms with Gasteiger partial charge >= 0.3 is 0 Å². The lowest BCUT2D eigenvalue weighted by Gasteiger charge is -2.15. The highest BCUT2D eigenvalue weighted by Crippen LogP contribution is 2.22. The number of rotatable bonds is 7. The molecule has 1 aliphatic rings. The second kappa shape index (κ2) is 8.46. The molecule has 2 N–H and O–H groups in total. The summed E-state index contributed by atoms with van der Waals surface area (Å²) in [6, 6.07) is 21.1. The van der Waals surface area contributed by atoms with Crippen molar-refractivity contribution in [2.45, 2.75) is 36.9 Å². The molecular formula is C25H23N3O4S. The van der Waals surface area contributed by atoms with Crippen LogP contribution in [-0.2, 0) is 27.9 Å². The van der Waals surface area contributed by atoms with E-state index < -0.39 is 10.0 Å². The lowest BCUT2D eigenvalue weighted by molar-refractivity contribution is -0.121. The van der Waals surface area contributed by atoms with Crippen LogP contribution in [0, 0.1) is 0 Å². The van der Waals surface area contributed by atoms with Gasteiger partial charge in [0.05, 0.1) is 15.9 Å². The van der Waals surface area contributed by atoms with E-state index in [1.807, 2.05) is 41.0 Å². The first-order valence-corrected chi connectivity index (χ1v) is 12.3. The Bertz CT molecular complexity index is 1460. The van der Waals surface area contributed by atoms with Crippen LogP contribution < -0.4 is 15.5 Å². The number of amides is 1. The Morgan fingerprint density at radius 1 is 0.879 bits per heavy atom. The first-order chi connectivity index (χ1) is 15.9. The molecule has 0 atom stereocenters. The van der Waals surface area contributed by atoms with Gasteiger partial charge < -0.3 is 9.88 Å². The first-order valence-electron chi connectivity index (χ1n) is 10.8. The lowest BCUT2D eigenvalue weighted by atomic mass is 10.1. The minimum absolute atomic E-state index is 0.0503. The molecule has 1 aliphatic carbocycles. The molecule has 0 saturated heterocycles. The maximum Gasteiger partial charge on any atom is 0.240 e. The molecule has 4 aromatic rings. The summed E-state index contributed by atoms with van der Waals surface area (Å²) in [6.45, 7) is 0.324. The molecule has 0 bridgehead atoms. The SMILES string of the molecule is O=C(Cn1c2ccccc2c(=O)c2ccccc21)NCc1ccc(S(=O)(=O)NC2CC2)cc1. The van der Waals surface area contributed by atoms with Crippen molar-refractivity contribution in [2.24, 2.45) is 0 Å². The summed E-state index contributed by atoms with van der Waals surface area (Å²) in [5, 5.41) is 4.03. The number of sulfonamides is 1. The number of benzene rings is 3. The Morgan fingerprint density at radius 2 is 1.45 bits per heavy atom. The fourth-order valence-corrected chi connectivity index (χ4v) is 5.23. The number of para-hydroxylation sites is 2. The molecule has 3 aromatic carbocycles. The summed E-state index contributed by atoms with van der Waals surface area (Å²) >= 11 is 0. The van der Waals surface area contributed by atoms with Crippen LogP contribution in [0.5, 0.6) is 0 Å². The molecule has 0 aliphatic heterocycles. The molecule has 1 aromatic heterocycles. The highest BCUT2D eigenvalue weighted by molar-refractivity contribution is 7.89. The van der Waals surface area contributed by atoms with Gasteiger partial charge in [0, 0.05) is 23.4 Å². The molecule has 1 saturated carbocycles. The third kappa shape index (κ3) is 4.40. The van der Waals surface area contributed by atoms with Crippen molar-refractivity contribution in [3.05, 3.63) is 88.6 Å². The molecule has 1 fully saturated rings. The van der Waals surface area contributed by atoms with Crippen molar-refractivity contribution in [2.75, 3.05) is 0 Å². The van der Waals surface area contributed by atoms with Crippen molar-refractivity contribution >= 4 is 37.7 Å². The van der Waals surface area contributed by atoms with Crippen LogP contribution >= 0.6 is 0 Å². The van der Waals surface area contributed by atoms with Crippen LogP contribution in [0.3, 0.4) is 0 Å². The van der Waals surface area contributed by atoms with Crippen LogP contribution in [0.25, 0.3) is 21.8 Å². The van der Waals surface area contributed by atoms with E-state index in [4.69, 9.17) is 0 Å². The third-order valence-electron chi connectivity index (χ3n) is 5.80. The van der Waals surface area contributed by atoms with E-state index >= 15 is 0 Å². The molecule has 5 rings (SSSR count). The van der Waals surface area contributed by atoms with E-state index in [2.05, 4.69) is 10.0 Å². The van der Waals surface area contributed by atoms with Crippen LogP contribution in [0.1, 0.15) is 18.4 Å². The molecule has 0 spiro atoms. The largest absolute Gasteiger partial charge is 0.350 e. The number of fused-ring (bicyclic) bond motifs is 2. The average molecular weight is 462 g/mol. The van der Waals surface area contributed by atoms with E-state index in [0.29, 0.717) is 21.8 Å². The van der Waals surface area contributed by atoms with E-state index in [1.54, 1.807) is 36.4 Å². The van der Waals surface area contributed by atoms with Gasteiger partial charge in [0.1, 0.15) is 6.54 Å². The van der Waals surface area contributed by atoms with Gasteiger partial charge in [0.15, 0.2) is 5.43 Å². The Labute approximate surface area is 191 Å². The van der Waals surface area contributed by atoms with Gasteiger partial charge in [0.25, 0.3) is 0 Å². The summed E-state index contributed by atoms with van der Waals surface area (Å²) in [5.74, 6) is -0.207. The van der Waals surface area contributed by atoms with Crippen molar-refractivity contribution in [3.8, 4) is 0 Å². The quantitative estimate of drug-likeness (QED) is 0.414. The van der Waals surface area contributed by atoms with Crippen molar-refractivity contribution in [3.63, 3.8) is 0 Å². The zero-order chi connectivity index (χ0) is 23.0. The number of hydrogen-bond acceptors (Lipinski definition) is 4. The third-order valence-corrected chi connectivity index (χ3v) is 7.34. The highest BCUT2D eigenvalue weighted by Gasteiger charge is 2.27. The second-order valence-corrected chi connectivity index (χ2v) is 9.98. The summed E-state index contributed by atoms with van der Waals surface area (Å²) in [6.07, 6.45) is 1.76. The maximum atomic E-state index is 12.8. The molecule has 168 valence electrons. The van der Waals surface area contributed by atoms with E-state index in [9.17, 15) is 18.0 Å². The molecule has 1 amide bonds. The first kappa shape index (κ1) is 21.4. The predicted octanol–water partition coefficient (Wildman–Crippen LogP) is 2.91. The summed E-state index contributed by atoms with van der Waals surface area (Å²) in [7, 11) is -3.50. The number of carbonyl (C=O) groups is 1. The van der Waals surface area contributed by atoms with E-state index in [-0.39, 0.29) is 35.4 Å². The average Bonchev–Trinajstić information content (AvgIpc) is 3.64. The maximum absolute atomic E-state index is 12.8. The van der Waals surface area contributed by atoms with E-state index in [1.165, 1.54) is 0 Å². The zero-order valence-electron chi connectivity index (χ0n) is 17.8. The molecule has 1 heterocycles.